The van der Waals surface area contributed by atoms with Gasteiger partial charge in [0, 0.05) is 32.3 Å². The fourth-order valence-electron chi connectivity index (χ4n) is 2.87. The molecule has 3 rings (SSSR count). The van der Waals surface area contributed by atoms with Crippen LogP contribution in [-0.2, 0) is 21.9 Å². The predicted molar refractivity (Wildman–Crippen MR) is 82.6 cm³/mol. The van der Waals surface area contributed by atoms with Crippen LogP contribution in [0.3, 0.4) is 0 Å². The Hall–Kier alpha value is -1.78. The van der Waals surface area contributed by atoms with Crippen LogP contribution >= 0.6 is 11.3 Å². The van der Waals surface area contributed by atoms with Gasteiger partial charge in [-0.2, -0.15) is 4.31 Å². The van der Waals surface area contributed by atoms with Crippen LogP contribution in [0.4, 0.5) is 0 Å². The Bertz CT molecular complexity index is 800. The number of rotatable bonds is 5. The maximum Gasteiger partial charge on any atom is 0.303 e. The summed E-state index contributed by atoms with van der Waals surface area (Å²) in [6.07, 6.45) is 1.61. The van der Waals surface area contributed by atoms with E-state index in [1.807, 2.05) is 0 Å². The zero-order valence-corrected chi connectivity index (χ0v) is 14.0. The number of carboxylic acids is 1. The van der Waals surface area contributed by atoms with E-state index in [1.54, 1.807) is 30.8 Å². The van der Waals surface area contributed by atoms with Gasteiger partial charge in [0.05, 0.1) is 12.1 Å². The van der Waals surface area contributed by atoms with E-state index in [2.05, 4.69) is 10.3 Å². The van der Waals surface area contributed by atoms with E-state index < -0.39 is 16.0 Å². The molecule has 0 saturated carbocycles. The lowest BCUT2D eigenvalue weighted by atomic mass is 9.91. The Labute approximate surface area is 137 Å². The number of aliphatic carboxylic acids is 1. The molecule has 0 bridgehead atoms. The van der Waals surface area contributed by atoms with Gasteiger partial charge in [0.1, 0.15) is 4.21 Å². The minimum absolute atomic E-state index is 0.0995. The first-order valence-electron chi connectivity index (χ1n) is 6.99. The zero-order chi connectivity index (χ0) is 16.6. The van der Waals surface area contributed by atoms with E-state index in [0.717, 1.165) is 11.3 Å². The molecule has 1 saturated heterocycles. The van der Waals surface area contributed by atoms with Gasteiger partial charge in [-0.1, -0.05) is 11.3 Å². The zero-order valence-electron chi connectivity index (χ0n) is 12.4. The summed E-state index contributed by atoms with van der Waals surface area (Å²) in [5.74, 6) is -1.53. The second kappa shape index (κ2) is 6.02. The van der Waals surface area contributed by atoms with Crippen LogP contribution in [-0.4, -0.2) is 51.9 Å². The van der Waals surface area contributed by atoms with Crippen molar-refractivity contribution in [2.45, 2.75) is 16.5 Å². The molecule has 0 unspecified atom stereocenters. The summed E-state index contributed by atoms with van der Waals surface area (Å²) >= 11 is 1.15. The van der Waals surface area contributed by atoms with E-state index in [-0.39, 0.29) is 35.6 Å². The van der Waals surface area contributed by atoms with Crippen LogP contribution in [0.15, 0.2) is 27.9 Å². The van der Waals surface area contributed by atoms with Gasteiger partial charge in [-0.25, -0.2) is 8.42 Å². The van der Waals surface area contributed by atoms with Gasteiger partial charge >= 0.3 is 5.97 Å². The average Bonchev–Trinajstić information content (AvgIpc) is 3.17. The monoisotopic (exact) mass is 356 g/mol. The molecular formula is C13H16N4O4S2. The molecule has 1 aliphatic rings. The fraction of sp³-hybridized carbons (Fsp3) is 0.462. The van der Waals surface area contributed by atoms with Gasteiger partial charge in [-0.3, -0.25) is 9.48 Å². The summed E-state index contributed by atoms with van der Waals surface area (Å²) in [6.45, 7) is 0.393. The fourth-order valence-corrected chi connectivity index (χ4v) is 5.53. The van der Waals surface area contributed by atoms with Gasteiger partial charge in [0.25, 0.3) is 10.0 Å². The third-order valence-electron chi connectivity index (χ3n) is 3.93. The molecule has 124 valence electrons. The van der Waals surface area contributed by atoms with Gasteiger partial charge < -0.3 is 5.11 Å². The molecule has 0 amide bonds. The summed E-state index contributed by atoms with van der Waals surface area (Å²) in [5, 5.41) is 18.7. The van der Waals surface area contributed by atoms with Crippen molar-refractivity contribution in [2.75, 3.05) is 13.1 Å². The predicted octanol–water partition coefficient (Wildman–Crippen LogP) is 0.756. The standard InChI is InChI=1S/C13H16N4O4S2/c1-16-8-11(14-15-16)10-7-17(6-9(10)5-12(18)19)23(20,21)13-3-2-4-22-13/h2-4,8-10H,5-7H2,1H3,(H,18,19)/t9-,10+/m0/s1. The molecule has 2 aromatic rings. The lowest BCUT2D eigenvalue weighted by molar-refractivity contribution is -0.138. The highest BCUT2D eigenvalue weighted by Gasteiger charge is 2.42. The van der Waals surface area contributed by atoms with Gasteiger partial charge in [-0.05, 0) is 17.4 Å². The smallest absolute Gasteiger partial charge is 0.303 e. The number of hydrogen-bond acceptors (Lipinski definition) is 6. The Morgan fingerprint density at radius 2 is 2.26 bits per heavy atom. The van der Waals surface area contributed by atoms with Crippen LogP contribution in [0.1, 0.15) is 18.0 Å². The maximum atomic E-state index is 12.7. The molecule has 2 atom stereocenters. The molecule has 0 radical (unpaired) electrons. The molecule has 8 nitrogen and oxygen atoms in total. The molecular weight excluding hydrogens is 340 g/mol. The number of hydrogen-bond donors (Lipinski definition) is 1. The van der Waals surface area contributed by atoms with Gasteiger partial charge in [-0.15, -0.1) is 16.4 Å². The summed E-state index contributed by atoms with van der Waals surface area (Å²) in [5.41, 5.74) is 0.627. The molecule has 0 aliphatic carbocycles. The molecule has 10 heteroatoms. The van der Waals surface area contributed by atoms with Crippen molar-refractivity contribution in [3.63, 3.8) is 0 Å². The van der Waals surface area contributed by atoms with Gasteiger partial charge in [0.15, 0.2) is 0 Å². The first-order chi connectivity index (χ1) is 10.9. The summed E-state index contributed by atoms with van der Waals surface area (Å²) in [6, 6.07) is 3.24. The number of aromatic nitrogens is 3. The minimum atomic E-state index is -3.59. The topological polar surface area (TPSA) is 105 Å². The average molecular weight is 356 g/mol. The van der Waals surface area contributed by atoms with Crippen molar-refractivity contribution in [1.29, 1.82) is 0 Å². The van der Waals surface area contributed by atoms with E-state index >= 15 is 0 Å². The highest BCUT2D eigenvalue weighted by Crippen LogP contribution is 2.37. The number of sulfonamides is 1. The van der Waals surface area contributed by atoms with Crippen LogP contribution in [0.5, 0.6) is 0 Å². The van der Waals surface area contributed by atoms with Crippen LogP contribution < -0.4 is 0 Å². The molecule has 3 heterocycles. The van der Waals surface area contributed by atoms with Crippen LogP contribution in [0.25, 0.3) is 0 Å². The number of carboxylic acid groups (broad SMARTS) is 1. The number of thiophene rings is 1. The Morgan fingerprint density at radius 3 is 2.83 bits per heavy atom. The highest BCUT2D eigenvalue weighted by atomic mass is 32.2. The normalized spacial score (nSPS) is 22.5. The summed E-state index contributed by atoms with van der Waals surface area (Å²) in [7, 11) is -1.87. The summed E-state index contributed by atoms with van der Waals surface area (Å²) in [4.78, 5) is 11.1. The van der Waals surface area contributed by atoms with E-state index in [9.17, 15) is 13.2 Å². The number of carbonyl (C=O) groups is 1. The Balaban J connectivity index is 1.89. The van der Waals surface area contributed by atoms with Crippen molar-refractivity contribution in [1.82, 2.24) is 19.3 Å². The first kappa shape index (κ1) is 16.1. The lowest BCUT2D eigenvalue weighted by Crippen LogP contribution is -2.28. The Kier molecular flexibility index (Phi) is 4.21. The largest absolute Gasteiger partial charge is 0.481 e. The second-order valence-electron chi connectivity index (χ2n) is 5.54. The minimum Gasteiger partial charge on any atom is -0.481 e. The van der Waals surface area contributed by atoms with Crippen molar-refractivity contribution in [2.24, 2.45) is 13.0 Å². The van der Waals surface area contributed by atoms with E-state index in [0.29, 0.717) is 5.69 Å². The highest BCUT2D eigenvalue weighted by molar-refractivity contribution is 7.91. The first-order valence-corrected chi connectivity index (χ1v) is 9.31. The molecule has 0 spiro atoms. The van der Waals surface area contributed by atoms with Crippen LogP contribution in [0.2, 0.25) is 0 Å². The van der Waals surface area contributed by atoms with Crippen molar-refractivity contribution < 1.29 is 18.3 Å². The third kappa shape index (κ3) is 3.14. The molecule has 1 aliphatic heterocycles. The number of nitrogens with zero attached hydrogens (tertiary/aromatic N) is 4. The van der Waals surface area contributed by atoms with E-state index in [4.69, 9.17) is 5.11 Å². The lowest BCUT2D eigenvalue weighted by Gasteiger charge is -2.14. The van der Waals surface area contributed by atoms with E-state index in [1.165, 1.54) is 8.99 Å². The van der Waals surface area contributed by atoms with Crippen molar-refractivity contribution >= 4 is 27.3 Å². The molecule has 1 N–H and O–H groups in total. The van der Waals surface area contributed by atoms with Crippen LogP contribution in [0, 0.1) is 5.92 Å². The van der Waals surface area contributed by atoms with Crippen molar-refractivity contribution in [3.05, 3.63) is 29.4 Å². The quantitative estimate of drug-likeness (QED) is 0.848. The van der Waals surface area contributed by atoms with Crippen molar-refractivity contribution in [3.8, 4) is 0 Å². The number of aryl methyl sites for hydroxylation is 1. The summed E-state index contributed by atoms with van der Waals surface area (Å²) < 4.78 is 28.5. The molecule has 1 fully saturated rings. The third-order valence-corrected chi connectivity index (χ3v) is 7.14. The maximum absolute atomic E-state index is 12.7. The Morgan fingerprint density at radius 1 is 1.48 bits per heavy atom. The SMILES string of the molecule is Cn1cc([C@@H]2CN(S(=O)(=O)c3cccs3)C[C@@H]2CC(=O)O)nn1. The molecule has 0 aromatic carbocycles. The second-order valence-corrected chi connectivity index (χ2v) is 8.65. The molecule has 23 heavy (non-hydrogen) atoms. The molecule has 2 aromatic heterocycles. The van der Waals surface area contributed by atoms with Gasteiger partial charge in [0.2, 0.25) is 0 Å².